The third-order valence-corrected chi connectivity index (χ3v) is 4.45. The summed E-state index contributed by atoms with van der Waals surface area (Å²) in [6.45, 7) is 2.34. The first-order valence-electron chi connectivity index (χ1n) is 8.28. The molecule has 6 heteroatoms. The monoisotopic (exact) mass is 328 g/mol. The Labute approximate surface area is 142 Å². The van der Waals surface area contributed by atoms with Crippen molar-refractivity contribution in [1.29, 1.82) is 0 Å². The highest BCUT2D eigenvalue weighted by molar-refractivity contribution is 5.94. The molecule has 24 heavy (non-hydrogen) atoms. The topological polar surface area (TPSA) is 75.6 Å². The third-order valence-electron chi connectivity index (χ3n) is 4.45. The molecule has 0 bridgehead atoms. The van der Waals surface area contributed by atoms with Crippen molar-refractivity contribution in [3.63, 3.8) is 0 Å². The third kappa shape index (κ3) is 3.76. The van der Waals surface area contributed by atoms with Crippen LogP contribution in [-0.2, 0) is 6.54 Å². The summed E-state index contributed by atoms with van der Waals surface area (Å²) in [5.41, 5.74) is 8.44. The maximum absolute atomic E-state index is 12.6. The van der Waals surface area contributed by atoms with Crippen LogP contribution in [0.15, 0.2) is 34.9 Å². The minimum absolute atomic E-state index is 0.101. The fourth-order valence-electron chi connectivity index (χ4n) is 3.18. The van der Waals surface area contributed by atoms with Crippen molar-refractivity contribution in [2.24, 2.45) is 0 Å². The van der Waals surface area contributed by atoms with Gasteiger partial charge >= 0.3 is 0 Å². The van der Waals surface area contributed by atoms with Crippen molar-refractivity contribution in [1.82, 2.24) is 15.0 Å². The Morgan fingerprint density at radius 2 is 1.96 bits per heavy atom. The second-order valence-electron chi connectivity index (χ2n) is 6.66. The molecule has 1 amide bonds. The molecule has 0 unspecified atom stereocenters. The zero-order valence-electron chi connectivity index (χ0n) is 14.2. The highest BCUT2D eigenvalue weighted by atomic mass is 16.5. The number of carbonyl (C=O) groups is 1. The van der Waals surface area contributed by atoms with Gasteiger partial charge in [0, 0.05) is 37.2 Å². The second-order valence-corrected chi connectivity index (χ2v) is 6.66. The Kier molecular flexibility index (Phi) is 4.85. The number of nitrogens with two attached hydrogens (primary N) is 1. The van der Waals surface area contributed by atoms with Crippen LogP contribution in [-0.4, -0.2) is 48.0 Å². The van der Waals surface area contributed by atoms with Crippen molar-refractivity contribution in [3.05, 3.63) is 47.2 Å². The second kappa shape index (κ2) is 7.05. The molecule has 0 saturated carbocycles. The summed E-state index contributed by atoms with van der Waals surface area (Å²) in [5, 5.41) is 3.99. The lowest BCUT2D eigenvalue weighted by Gasteiger charge is -2.31. The average molecular weight is 328 g/mol. The first-order valence-corrected chi connectivity index (χ1v) is 8.28. The molecule has 1 aromatic heterocycles. The van der Waals surface area contributed by atoms with Crippen LogP contribution >= 0.6 is 0 Å². The highest BCUT2D eigenvalue weighted by Crippen LogP contribution is 2.28. The lowest BCUT2D eigenvalue weighted by Crippen LogP contribution is -2.38. The van der Waals surface area contributed by atoms with Crippen LogP contribution in [0.2, 0.25) is 0 Å². The largest absolute Gasteiger partial charge is 0.368 e. The van der Waals surface area contributed by atoms with E-state index < -0.39 is 0 Å². The van der Waals surface area contributed by atoms with E-state index in [0.29, 0.717) is 11.8 Å². The van der Waals surface area contributed by atoms with Crippen molar-refractivity contribution in [3.8, 4) is 0 Å². The number of anilines is 1. The minimum Gasteiger partial charge on any atom is -0.368 e. The molecule has 0 spiro atoms. The molecule has 0 atom stereocenters. The van der Waals surface area contributed by atoms with E-state index in [0.717, 1.165) is 43.7 Å². The number of nitrogens with zero attached hydrogens (tertiary/aromatic N) is 3. The number of likely N-dealkylation sites (tertiary alicyclic amines) is 1. The molecule has 2 heterocycles. The van der Waals surface area contributed by atoms with E-state index in [1.807, 2.05) is 43.3 Å². The summed E-state index contributed by atoms with van der Waals surface area (Å²) in [6, 6.07) is 9.68. The van der Waals surface area contributed by atoms with Gasteiger partial charge in [0.15, 0.2) is 0 Å². The predicted octanol–water partition coefficient (Wildman–Crippen LogP) is 2.34. The Balaban J connectivity index is 1.58. The van der Waals surface area contributed by atoms with Crippen molar-refractivity contribution in [2.75, 3.05) is 32.9 Å². The zero-order chi connectivity index (χ0) is 17.1. The summed E-state index contributed by atoms with van der Waals surface area (Å²) >= 11 is 0. The Bertz CT molecular complexity index is 685. The van der Waals surface area contributed by atoms with Gasteiger partial charge in [0.05, 0.1) is 5.69 Å². The molecule has 2 N–H and O–H groups in total. The molecule has 1 fully saturated rings. The maximum Gasteiger partial charge on any atom is 0.253 e. The van der Waals surface area contributed by atoms with Gasteiger partial charge in [0.25, 0.3) is 5.91 Å². The van der Waals surface area contributed by atoms with Crippen LogP contribution in [0.5, 0.6) is 0 Å². The molecular formula is C18H24N4O2. The molecule has 1 saturated heterocycles. The van der Waals surface area contributed by atoms with Crippen LogP contribution in [0.4, 0.5) is 5.88 Å². The maximum atomic E-state index is 12.6. The van der Waals surface area contributed by atoms with E-state index in [-0.39, 0.29) is 5.91 Å². The number of aromatic nitrogens is 1. The lowest BCUT2D eigenvalue weighted by atomic mass is 9.93. The van der Waals surface area contributed by atoms with Crippen molar-refractivity contribution < 1.29 is 9.32 Å². The van der Waals surface area contributed by atoms with E-state index in [1.165, 1.54) is 5.56 Å². The standard InChI is InChI=1S/C18H24N4O2/c1-21(2)12-13-3-5-15(6-4-13)18(23)22-9-7-14(8-10-22)16-11-17(19)24-20-16/h3-6,11,14H,7-10,12,19H2,1-2H3. The van der Waals surface area contributed by atoms with Crippen LogP contribution in [0.3, 0.4) is 0 Å². The fraction of sp³-hybridized carbons (Fsp3) is 0.444. The fourth-order valence-corrected chi connectivity index (χ4v) is 3.18. The van der Waals surface area contributed by atoms with Crippen molar-refractivity contribution >= 4 is 11.8 Å². The van der Waals surface area contributed by atoms with Crippen LogP contribution in [0.1, 0.15) is 40.4 Å². The lowest BCUT2D eigenvalue weighted by molar-refractivity contribution is 0.0711. The van der Waals surface area contributed by atoms with Gasteiger partial charge in [-0.25, -0.2) is 0 Å². The molecule has 0 radical (unpaired) electrons. The van der Waals surface area contributed by atoms with Gasteiger partial charge in [-0.3, -0.25) is 4.79 Å². The first-order chi connectivity index (χ1) is 11.5. The number of carbonyl (C=O) groups excluding carboxylic acids is 1. The number of rotatable bonds is 4. The summed E-state index contributed by atoms with van der Waals surface area (Å²) in [5.74, 6) is 0.767. The molecule has 1 aromatic carbocycles. The Morgan fingerprint density at radius 3 is 2.50 bits per heavy atom. The SMILES string of the molecule is CN(C)Cc1ccc(C(=O)N2CCC(c3cc(N)on3)CC2)cc1. The minimum atomic E-state index is 0.101. The van der Waals surface area contributed by atoms with Crippen molar-refractivity contribution in [2.45, 2.75) is 25.3 Å². The summed E-state index contributed by atoms with van der Waals surface area (Å²) in [4.78, 5) is 16.7. The van der Waals surface area contributed by atoms with E-state index >= 15 is 0 Å². The number of piperidine rings is 1. The molecule has 6 nitrogen and oxygen atoms in total. The normalized spacial score (nSPS) is 15.9. The van der Waals surface area contributed by atoms with E-state index in [9.17, 15) is 4.79 Å². The Hall–Kier alpha value is -2.34. The van der Waals surface area contributed by atoms with Gasteiger partial charge in [-0.1, -0.05) is 17.3 Å². The van der Waals surface area contributed by atoms with Crippen LogP contribution in [0.25, 0.3) is 0 Å². The average Bonchev–Trinajstić information content (AvgIpc) is 3.01. The Morgan fingerprint density at radius 1 is 1.29 bits per heavy atom. The van der Waals surface area contributed by atoms with Gasteiger partial charge < -0.3 is 20.1 Å². The van der Waals surface area contributed by atoms with E-state index in [4.69, 9.17) is 10.3 Å². The number of nitrogen functional groups attached to an aromatic ring is 1. The zero-order valence-corrected chi connectivity index (χ0v) is 14.2. The van der Waals surface area contributed by atoms with E-state index in [1.54, 1.807) is 6.07 Å². The van der Waals surface area contributed by atoms with Gasteiger partial charge in [-0.2, -0.15) is 0 Å². The van der Waals surface area contributed by atoms with Gasteiger partial charge in [0.1, 0.15) is 0 Å². The molecule has 1 aliphatic heterocycles. The van der Waals surface area contributed by atoms with Gasteiger partial charge in [0.2, 0.25) is 5.88 Å². The van der Waals surface area contributed by atoms with E-state index in [2.05, 4.69) is 10.1 Å². The molecule has 2 aromatic rings. The number of benzene rings is 1. The summed E-state index contributed by atoms with van der Waals surface area (Å²) < 4.78 is 4.94. The molecule has 0 aliphatic carbocycles. The molecule has 1 aliphatic rings. The smallest absolute Gasteiger partial charge is 0.253 e. The number of amides is 1. The molecular weight excluding hydrogens is 304 g/mol. The first kappa shape index (κ1) is 16.5. The van der Waals surface area contributed by atoms with Crippen LogP contribution in [0, 0.1) is 0 Å². The summed E-state index contributed by atoms with van der Waals surface area (Å²) in [6.07, 6.45) is 1.77. The number of hydrogen-bond donors (Lipinski definition) is 1. The van der Waals surface area contributed by atoms with Gasteiger partial charge in [-0.05, 0) is 44.6 Å². The highest BCUT2D eigenvalue weighted by Gasteiger charge is 2.26. The number of hydrogen-bond acceptors (Lipinski definition) is 5. The predicted molar refractivity (Wildman–Crippen MR) is 92.6 cm³/mol. The summed E-state index contributed by atoms with van der Waals surface area (Å²) in [7, 11) is 4.07. The van der Waals surface area contributed by atoms with Crippen LogP contribution < -0.4 is 5.73 Å². The van der Waals surface area contributed by atoms with Gasteiger partial charge in [-0.15, -0.1) is 0 Å². The molecule has 128 valence electrons. The quantitative estimate of drug-likeness (QED) is 0.932. The molecule has 3 rings (SSSR count).